The van der Waals surface area contributed by atoms with Gasteiger partial charge in [0.2, 0.25) is 10.0 Å². The fraction of sp³-hybridized carbons (Fsp3) is 0.278. The lowest BCUT2D eigenvalue weighted by Crippen LogP contribution is -2.48. The maximum Gasteiger partial charge on any atom is 0.244 e. The van der Waals surface area contributed by atoms with Gasteiger partial charge < -0.3 is 0 Å². The first-order valence-corrected chi connectivity index (χ1v) is 10.3. The standard InChI is InChI=1S/C18H18Cl2N2O3S/c19-16-6-7-17(18(20)15(16)13-23)26(24,25)22-10-8-21(9-11-22)12-14-4-2-1-3-5-14/h1-7,13H,8-12H2. The summed E-state index contributed by atoms with van der Waals surface area (Å²) in [5.41, 5.74) is 1.19. The van der Waals surface area contributed by atoms with Crippen molar-refractivity contribution in [3.05, 3.63) is 63.6 Å². The number of piperazine rings is 1. The minimum atomic E-state index is -3.78. The van der Waals surface area contributed by atoms with Crippen molar-refractivity contribution in [2.24, 2.45) is 0 Å². The first kappa shape index (κ1) is 19.3. The largest absolute Gasteiger partial charge is 0.298 e. The Morgan fingerprint density at radius 1 is 0.962 bits per heavy atom. The average molecular weight is 413 g/mol. The summed E-state index contributed by atoms with van der Waals surface area (Å²) in [6.45, 7) is 2.76. The van der Waals surface area contributed by atoms with Crippen LogP contribution < -0.4 is 0 Å². The number of aldehydes is 1. The molecule has 0 aromatic heterocycles. The number of benzene rings is 2. The second-order valence-electron chi connectivity index (χ2n) is 6.06. The monoisotopic (exact) mass is 412 g/mol. The van der Waals surface area contributed by atoms with Gasteiger partial charge >= 0.3 is 0 Å². The minimum Gasteiger partial charge on any atom is -0.298 e. The molecule has 0 radical (unpaired) electrons. The molecule has 1 aliphatic heterocycles. The van der Waals surface area contributed by atoms with Gasteiger partial charge in [0.05, 0.1) is 15.6 Å². The number of halogens is 2. The lowest BCUT2D eigenvalue weighted by Gasteiger charge is -2.34. The van der Waals surface area contributed by atoms with Crippen molar-refractivity contribution in [2.75, 3.05) is 26.2 Å². The van der Waals surface area contributed by atoms with Gasteiger partial charge in [-0.05, 0) is 17.7 Å². The van der Waals surface area contributed by atoms with Crippen LogP contribution in [-0.2, 0) is 16.6 Å². The van der Waals surface area contributed by atoms with E-state index in [1.807, 2.05) is 18.2 Å². The van der Waals surface area contributed by atoms with Gasteiger partial charge in [0.25, 0.3) is 0 Å². The molecule has 138 valence electrons. The molecule has 0 unspecified atom stereocenters. The van der Waals surface area contributed by atoms with E-state index in [0.29, 0.717) is 32.5 Å². The second-order valence-corrected chi connectivity index (χ2v) is 8.75. The normalized spacial score (nSPS) is 16.5. The average Bonchev–Trinajstić information content (AvgIpc) is 2.63. The van der Waals surface area contributed by atoms with Crippen molar-refractivity contribution < 1.29 is 13.2 Å². The molecule has 0 saturated carbocycles. The summed E-state index contributed by atoms with van der Waals surface area (Å²) < 4.78 is 27.2. The zero-order valence-corrected chi connectivity index (χ0v) is 16.3. The molecular weight excluding hydrogens is 395 g/mol. The van der Waals surface area contributed by atoms with Crippen molar-refractivity contribution in [3.63, 3.8) is 0 Å². The number of hydrogen-bond acceptors (Lipinski definition) is 4. The Morgan fingerprint density at radius 2 is 1.62 bits per heavy atom. The highest BCUT2D eigenvalue weighted by molar-refractivity contribution is 7.89. The van der Waals surface area contributed by atoms with E-state index >= 15 is 0 Å². The van der Waals surface area contributed by atoms with Crippen molar-refractivity contribution in [1.29, 1.82) is 0 Å². The third-order valence-corrected chi connectivity index (χ3v) is 7.20. The molecule has 0 aliphatic carbocycles. The summed E-state index contributed by atoms with van der Waals surface area (Å²) in [4.78, 5) is 13.3. The fourth-order valence-electron chi connectivity index (χ4n) is 2.97. The Hall–Kier alpha value is -1.44. The minimum absolute atomic E-state index is 0.00266. The number of sulfonamides is 1. The molecule has 5 nitrogen and oxygen atoms in total. The van der Waals surface area contributed by atoms with E-state index in [9.17, 15) is 13.2 Å². The Balaban J connectivity index is 1.73. The number of nitrogens with zero attached hydrogens (tertiary/aromatic N) is 2. The van der Waals surface area contributed by atoms with Gasteiger partial charge in [0, 0.05) is 32.7 Å². The van der Waals surface area contributed by atoms with Gasteiger partial charge in [-0.3, -0.25) is 9.69 Å². The summed E-state index contributed by atoms with van der Waals surface area (Å²) >= 11 is 12.0. The Labute approximate surface area is 163 Å². The highest BCUT2D eigenvalue weighted by atomic mass is 35.5. The van der Waals surface area contributed by atoms with Crippen LogP contribution >= 0.6 is 23.2 Å². The highest BCUT2D eigenvalue weighted by Crippen LogP contribution is 2.32. The molecule has 1 heterocycles. The van der Waals surface area contributed by atoms with Crippen LogP contribution in [-0.4, -0.2) is 50.1 Å². The lowest BCUT2D eigenvalue weighted by atomic mass is 10.2. The van der Waals surface area contributed by atoms with Crippen LogP contribution in [0, 0.1) is 0 Å². The molecule has 0 atom stereocenters. The van der Waals surface area contributed by atoms with Crippen LogP contribution in [0.25, 0.3) is 0 Å². The molecule has 8 heteroatoms. The molecule has 26 heavy (non-hydrogen) atoms. The van der Waals surface area contributed by atoms with E-state index in [1.165, 1.54) is 22.0 Å². The van der Waals surface area contributed by atoms with E-state index in [4.69, 9.17) is 23.2 Å². The van der Waals surface area contributed by atoms with Crippen molar-refractivity contribution in [1.82, 2.24) is 9.21 Å². The third kappa shape index (κ3) is 3.94. The summed E-state index contributed by atoms with van der Waals surface area (Å²) in [5, 5.41) is 0.0100. The summed E-state index contributed by atoms with van der Waals surface area (Å²) in [5.74, 6) is 0. The number of carbonyl (C=O) groups is 1. The summed E-state index contributed by atoms with van der Waals surface area (Å²) in [6, 6.07) is 12.8. The Kier molecular flexibility index (Phi) is 5.99. The van der Waals surface area contributed by atoms with Gasteiger partial charge in [-0.1, -0.05) is 53.5 Å². The van der Waals surface area contributed by atoms with Crippen molar-refractivity contribution in [2.45, 2.75) is 11.4 Å². The molecular formula is C18H18Cl2N2O3S. The van der Waals surface area contributed by atoms with Gasteiger partial charge in [-0.15, -0.1) is 0 Å². The predicted molar refractivity (Wildman–Crippen MR) is 102 cm³/mol. The van der Waals surface area contributed by atoms with Crippen LogP contribution in [0.1, 0.15) is 15.9 Å². The quantitative estimate of drug-likeness (QED) is 0.706. The Bertz CT molecular complexity index is 896. The van der Waals surface area contributed by atoms with Gasteiger partial charge in [-0.2, -0.15) is 4.31 Å². The smallest absolute Gasteiger partial charge is 0.244 e. The lowest BCUT2D eigenvalue weighted by molar-refractivity contribution is 0.112. The molecule has 2 aromatic rings. The van der Waals surface area contributed by atoms with Crippen LogP contribution in [0.4, 0.5) is 0 Å². The van der Waals surface area contributed by atoms with Crippen LogP contribution in [0.3, 0.4) is 0 Å². The van der Waals surface area contributed by atoms with Crippen molar-refractivity contribution >= 4 is 39.5 Å². The number of hydrogen-bond donors (Lipinski definition) is 0. The fourth-order valence-corrected chi connectivity index (χ4v) is 5.22. The van der Waals surface area contributed by atoms with Crippen LogP contribution in [0.2, 0.25) is 10.0 Å². The van der Waals surface area contributed by atoms with E-state index < -0.39 is 10.0 Å². The maximum atomic E-state index is 12.9. The topological polar surface area (TPSA) is 57.7 Å². The summed E-state index contributed by atoms with van der Waals surface area (Å²) in [7, 11) is -3.78. The van der Waals surface area contributed by atoms with Gasteiger partial charge in [0.1, 0.15) is 4.90 Å². The van der Waals surface area contributed by atoms with Crippen molar-refractivity contribution in [3.8, 4) is 0 Å². The molecule has 2 aromatic carbocycles. The van der Waals surface area contributed by atoms with E-state index in [1.54, 1.807) is 0 Å². The zero-order chi connectivity index (χ0) is 18.7. The van der Waals surface area contributed by atoms with E-state index in [-0.39, 0.29) is 20.5 Å². The highest BCUT2D eigenvalue weighted by Gasteiger charge is 2.31. The molecule has 0 spiro atoms. The number of rotatable bonds is 5. The van der Waals surface area contributed by atoms with E-state index in [2.05, 4.69) is 17.0 Å². The summed E-state index contributed by atoms with van der Waals surface area (Å²) in [6.07, 6.45) is 0.474. The van der Waals surface area contributed by atoms with Crippen LogP contribution in [0.5, 0.6) is 0 Å². The number of carbonyl (C=O) groups excluding carboxylic acids is 1. The zero-order valence-electron chi connectivity index (χ0n) is 13.9. The molecule has 1 saturated heterocycles. The van der Waals surface area contributed by atoms with Gasteiger partial charge in [-0.25, -0.2) is 8.42 Å². The Morgan fingerprint density at radius 3 is 2.23 bits per heavy atom. The first-order valence-electron chi connectivity index (χ1n) is 8.13. The predicted octanol–water partition coefficient (Wildman–Crippen LogP) is 3.31. The first-order chi connectivity index (χ1) is 12.4. The SMILES string of the molecule is O=Cc1c(Cl)ccc(S(=O)(=O)N2CCN(Cc3ccccc3)CC2)c1Cl. The van der Waals surface area contributed by atoms with E-state index in [0.717, 1.165) is 6.54 Å². The third-order valence-electron chi connectivity index (χ3n) is 4.41. The molecule has 0 bridgehead atoms. The molecule has 0 N–H and O–H groups in total. The molecule has 1 fully saturated rings. The maximum absolute atomic E-state index is 12.9. The van der Waals surface area contributed by atoms with Gasteiger partial charge in [0.15, 0.2) is 6.29 Å². The van der Waals surface area contributed by atoms with Crippen LogP contribution in [0.15, 0.2) is 47.4 Å². The second kappa shape index (κ2) is 8.06. The molecule has 3 rings (SSSR count). The molecule has 0 amide bonds. The molecule has 1 aliphatic rings.